The van der Waals surface area contributed by atoms with Crippen LogP contribution >= 0.6 is 23.5 Å². The number of hydrogen-bond donors (Lipinski definition) is 0. The van der Waals surface area contributed by atoms with Gasteiger partial charge in [0.2, 0.25) is 0 Å². The number of thioether (sulfide) groups is 2. The molecule has 5 heteroatoms. The minimum atomic E-state index is -0.739. The van der Waals surface area contributed by atoms with Crippen molar-refractivity contribution in [2.75, 3.05) is 14.2 Å². The molecule has 0 aromatic heterocycles. The van der Waals surface area contributed by atoms with E-state index in [0.29, 0.717) is 0 Å². The molecular formula is C4H6O3S2. The lowest BCUT2D eigenvalue weighted by Gasteiger charge is -2.33. The van der Waals surface area contributed by atoms with Gasteiger partial charge in [0.25, 0.3) is 8.90 Å². The van der Waals surface area contributed by atoms with E-state index in [0.717, 1.165) is 23.5 Å². The molecule has 0 aliphatic carbocycles. The molecule has 0 bridgehead atoms. The number of rotatable bonds is 2. The first-order chi connectivity index (χ1) is 4.22. The number of carbonyl (C=O) groups excluding carboxylic acids is 1. The number of hydrogen-bond acceptors (Lipinski definition) is 5. The number of methoxy groups -OCH3 is 2. The van der Waals surface area contributed by atoms with Crippen molar-refractivity contribution in [3.63, 3.8) is 0 Å². The van der Waals surface area contributed by atoms with Crippen LogP contribution in [0, 0.1) is 0 Å². The Morgan fingerprint density at radius 1 is 1.33 bits per heavy atom. The van der Waals surface area contributed by atoms with E-state index in [1.54, 1.807) is 0 Å². The fourth-order valence-electron chi connectivity index (χ4n) is 0.462. The SMILES string of the molecule is COC1(OC)SC(=O)S1. The monoisotopic (exact) mass is 166 g/mol. The fourth-order valence-corrected chi connectivity index (χ4v) is 2.08. The Labute approximate surface area is 61.5 Å². The maximum Gasteiger partial charge on any atom is 0.285 e. The van der Waals surface area contributed by atoms with Crippen LogP contribution in [0.2, 0.25) is 0 Å². The van der Waals surface area contributed by atoms with E-state index in [4.69, 9.17) is 9.47 Å². The van der Waals surface area contributed by atoms with Crippen molar-refractivity contribution in [2.24, 2.45) is 0 Å². The lowest BCUT2D eigenvalue weighted by molar-refractivity contribution is -0.0639. The normalized spacial score (nSPS) is 23.6. The molecule has 0 N–H and O–H groups in total. The average molecular weight is 166 g/mol. The maximum absolute atomic E-state index is 10.4. The van der Waals surface area contributed by atoms with Crippen molar-refractivity contribution in [1.29, 1.82) is 0 Å². The molecule has 1 heterocycles. The van der Waals surface area contributed by atoms with Gasteiger partial charge in [-0.3, -0.25) is 4.79 Å². The van der Waals surface area contributed by atoms with Gasteiger partial charge in [-0.25, -0.2) is 0 Å². The van der Waals surface area contributed by atoms with Crippen molar-refractivity contribution in [1.82, 2.24) is 0 Å². The van der Waals surface area contributed by atoms with Gasteiger partial charge in [-0.15, -0.1) is 0 Å². The molecule has 1 saturated heterocycles. The van der Waals surface area contributed by atoms with Crippen LogP contribution in [-0.4, -0.2) is 23.1 Å². The van der Waals surface area contributed by atoms with Gasteiger partial charge in [-0.05, 0) is 0 Å². The summed E-state index contributed by atoms with van der Waals surface area (Å²) in [5, 5.41) is 0. The summed E-state index contributed by atoms with van der Waals surface area (Å²) < 4.78 is 9.05. The molecule has 1 rings (SSSR count). The van der Waals surface area contributed by atoms with Crippen molar-refractivity contribution in [3.05, 3.63) is 0 Å². The highest BCUT2D eigenvalue weighted by Gasteiger charge is 2.47. The second-order valence-corrected chi connectivity index (χ2v) is 4.10. The molecule has 1 aliphatic heterocycles. The predicted octanol–water partition coefficient (Wildman–Crippen LogP) is 1.49. The van der Waals surface area contributed by atoms with Gasteiger partial charge in [0.1, 0.15) is 0 Å². The molecule has 0 atom stereocenters. The third-order valence-electron chi connectivity index (χ3n) is 0.917. The van der Waals surface area contributed by atoms with E-state index in [-0.39, 0.29) is 4.45 Å². The summed E-state index contributed by atoms with van der Waals surface area (Å²) in [6, 6.07) is 0. The number of carbonyl (C=O) groups is 1. The Kier molecular flexibility index (Phi) is 2.05. The predicted molar refractivity (Wildman–Crippen MR) is 37.3 cm³/mol. The Morgan fingerprint density at radius 2 is 1.78 bits per heavy atom. The zero-order chi connectivity index (χ0) is 6.91. The van der Waals surface area contributed by atoms with Crippen LogP contribution in [-0.2, 0) is 9.47 Å². The highest BCUT2D eigenvalue weighted by atomic mass is 32.3. The largest absolute Gasteiger partial charge is 0.335 e. The fraction of sp³-hybridized carbons (Fsp3) is 0.750. The van der Waals surface area contributed by atoms with Gasteiger partial charge < -0.3 is 9.47 Å². The minimum absolute atomic E-state index is 0.0405. The van der Waals surface area contributed by atoms with Gasteiger partial charge in [-0.2, -0.15) is 0 Å². The summed E-state index contributed by atoms with van der Waals surface area (Å²) in [6.45, 7) is 0. The topological polar surface area (TPSA) is 35.5 Å². The lowest BCUT2D eigenvalue weighted by atomic mass is 11.3. The number of ether oxygens (including phenoxy) is 2. The molecule has 1 aliphatic rings. The van der Waals surface area contributed by atoms with Crippen LogP contribution in [0.25, 0.3) is 0 Å². The van der Waals surface area contributed by atoms with Gasteiger partial charge in [0, 0.05) is 37.7 Å². The first-order valence-electron chi connectivity index (χ1n) is 2.25. The molecule has 0 spiro atoms. The summed E-state index contributed by atoms with van der Waals surface area (Å²) in [7, 11) is 3.02. The molecule has 52 valence electrons. The van der Waals surface area contributed by atoms with E-state index in [1.165, 1.54) is 14.2 Å². The van der Waals surface area contributed by atoms with Crippen molar-refractivity contribution < 1.29 is 14.3 Å². The van der Waals surface area contributed by atoms with Crippen LogP contribution in [0.3, 0.4) is 0 Å². The zero-order valence-corrected chi connectivity index (χ0v) is 6.67. The van der Waals surface area contributed by atoms with Crippen LogP contribution in [0.15, 0.2) is 0 Å². The van der Waals surface area contributed by atoms with Crippen LogP contribution in [0.1, 0.15) is 0 Å². The Hall–Kier alpha value is 0.290. The lowest BCUT2D eigenvalue weighted by Crippen LogP contribution is -2.34. The highest BCUT2D eigenvalue weighted by Crippen LogP contribution is 2.53. The minimum Gasteiger partial charge on any atom is -0.335 e. The smallest absolute Gasteiger partial charge is 0.285 e. The van der Waals surface area contributed by atoms with Gasteiger partial charge >= 0.3 is 0 Å². The third-order valence-corrected chi connectivity index (χ3v) is 3.42. The van der Waals surface area contributed by atoms with Crippen LogP contribution < -0.4 is 0 Å². The van der Waals surface area contributed by atoms with Gasteiger partial charge in [-0.1, -0.05) is 0 Å². The maximum atomic E-state index is 10.4. The molecule has 0 radical (unpaired) electrons. The van der Waals surface area contributed by atoms with Crippen LogP contribution in [0.5, 0.6) is 0 Å². The van der Waals surface area contributed by atoms with E-state index in [9.17, 15) is 4.79 Å². The van der Waals surface area contributed by atoms with Gasteiger partial charge in [0.05, 0.1) is 0 Å². The summed E-state index contributed by atoms with van der Waals surface area (Å²) in [5.74, 6) is 0. The molecule has 0 amide bonds. The molecule has 0 aromatic rings. The molecule has 0 aromatic carbocycles. The standard InChI is InChI=1S/C4H6O3S2/c1-6-4(7-2)8-3(5)9-4/h1-2H3. The van der Waals surface area contributed by atoms with Crippen molar-refractivity contribution >= 4 is 28.0 Å². The Morgan fingerprint density at radius 3 is 1.89 bits per heavy atom. The van der Waals surface area contributed by atoms with Gasteiger partial charge in [0.15, 0.2) is 0 Å². The molecule has 0 saturated carbocycles. The average Bonchev–Trinajstić information content (AvgIpc) is 1.81. The molecular weight excluding hydrogens is 160 g/mol. The quantitative estimate of drug-likeness (QED) is 0.581. The highest BCUT2D eigenvalue weighted by molar-refractivity contribution is 8.53. The molecule has 9 heavy (non-hydrogen) atoms. The summed E-state index contributed by atoms with van der Waals surface area (Å²) in [6.07, 6.45) is 0. The summed E-state index contributed by atoms with van der Waals surface area (Å²) >= 11 is 2.11. The van der Waals surface area contributed by atoms with Crippen molar-refractivity contribution in [2.45, 2.75) is 4.45 Å². The first kappa shape index (κ1) is 7.40. The molecule has 0 unspecified atom stereocenters. The summed E-state index contributed by atoms with van der Waals surface area (Å²) in [5.41, 5.74) is 0. The third kappa shape index (κ3) is 1.24. The second kappa shape index (κ2) is 2.49. The summed E-state index contributed by atoms with van der Waals surface area (Å²) in [4.78, 5) is 10.4. The van der Waals surface area contributed by atoms with Crippen LogP contribution in [0.4, 0.5) is 4.79 Å². The Bertz CT molecular complexity index is 122. The second-order valence-electron chi connectivity index (χ2n) is 1.36. The van der Waals surface area contributed by atoms with E-state index < -0.39 is 4.45 Å². The zero-order valence-electron chi connectivity index (χ0n) is 5.04. The van der Waals surface area contributed by atoms with E-state index in [1.807, 2.05) is 0 Å². The first-order valence-corrected chi connectivity index (χ1v) is 3.88. The van der Waals surface area contributed by atoms with E-state index >= 15 is 0 Å². The molecule has 1 fully saturated rings. The van der Waals surface area contributed by atoms with E-state index in [2.05, 4.69) is 0 Å². The molecule has 3 nitrogen and oxygen atoms in total. The Balaban J connectivity index is 2.44. The van der Waals surface area contributed by atoms with Crippen molar-refractivity contribution in [3.8, 4) is 0 Å².